The Morgan fingerprint density at radius 1 is 1.69 bits per heavy atom. The Balaban J connectivity index is 2.25. The van der Waals surface area contributed by atoms with Crippen molar-refractivity contribution in [3.05, 3.63) is 22.3 Å². The van der Waals surface area contributed by atoms with Crippen LogP contribution in [0.2, 0.25) is 0 Å². The van der Waals surface area contributed by atoms with Crippen LogP contribution in [0, 0.1) is 11.3 Å². The Hall–Kier alpha value is -1.12. The van der Waals surface area contributed by atoms with Crippen LogP contribution in [0.5, 0.6) is 0 Å². The molecule has 5 heteroatoms. The molecule has 1 aromatic heterocycles. The molecule has 2 heterocycles. The SMILES string of the molecule is CNC1CCN(c2ncc(Br)cc2C#N)C1. The predicted octanol–water partition coefficient (Wildman–Crippen LogP) is 1.51. The normalized spacial score (nSPS) is 19.8. The zero-order chi connectivity index (χ0) is 11.5. The van der Waals surface area contributed by atoms with Crippen LogP contribution in [0.15, 0.2) is 16.7 Å². The summed E-state index contributed by atoms with van der Waals surface area (Å²) in [6, 6.07) is 4.50. The molecule has 84 valence electrons. The second-order valence-electron chi connectivity index (χ2n) is 3.86. The fraction of sp³-hybridized carbons (Fsp3) is 0.455. The van der Waals surface area contributed by atoms with Crippen LogP contribution in [-0.2, 0) is 0 Å². The van der Waals surface area contributed by atoms with Gasteiger partial charge >= 0.3 is 0 Å². The van der Waals surface area contributed by atoms with Crippen LogP contribution >= 0.6 is 15.9 Å². The first-order valence-corrected chi connectivity index (χ1v) is 6.01. The molecule has 4 nitrogen and oxygen atoms in total. The molecule has 1 aliphatic rings. The van der Waals surface area contributed by atoms with E-state index in [9.17, 15) is 0 Å². The highest BCUT2D eigenvalue weighted by atomic mass is 79.9. The quantitative estimate of drug-likeness (QED) is 0.893. The minimum Gasteiger partial charge on any atom is -0.354 e. The molecule has 1 fully saturated rings. The van der Waals surface area contributed by atoms with Gasteiger partial charge in [0.15, 0.2) is 0 Å². The van der Waals surface area contributed by atoms with E-state index in [-0.39, 0.29) is 0 Å². The van der Waals surface area contributed by atoms with E-state index in [1.54, 1.807) is 6.20 Å². The maximum Gasteiger partial charge on any atom is 0.146 e. The van der Waals surface area contributed by atoms with Crippen molar-refractivity contribution < 1.29 is 0 Å². The number of hydrogen-bond acceptors (Lipinski definition) is 4. The molecule has 1 aliphatic heterocycles. The van der Waals surface area contributed by atoms with Crippen molar-refractivity contribution in [2.75, 3.05) is 25.0 Å². The first kappa shape index (κ1) is 11.4. The van der Waals surface area contributed by atoms with E-state index < -0.39 is 0 Å². The molecule has 0 spiro atoms. The van der Waals surface area contributed by atoms with Gasteiger partial charge in [0.05, 0.1) is 5.56 Å². The average Bonchev–Trinajstić information content (AvgIpc) is 2.77. The molecule has 0 amide bonds. The molecule has 1 N–H and O–H groups in total. The third kappa shape index (κ3) is 2.18. The van der Waals surface area contributed by atoms with Crippen LogP contribution in [0.1, 0.15) is 12.0 Å². The van der Waals surface area contributed by atoms with Gasteiger partial charge < -0.3 is 10.2 Å². The van der Waals surface area contributed by atoms with E-state index in [1.807, 2.05) is 13.1 Å². The number of nitrogens with one attached hydrogen (secondary N) is 1. The van der Waals surface area contributed by atoms with Crippen molar-refractivity contribution >= 4 is 21.7 Å². The van der Waals surface area contributed by atoms with Crippen molar-refractivity contribution in [3.8, 4) is 6.07 Å². The number of likely N-dealkylation sites (N-methyl/N-ethyl adjacent to an activating group) is 1. The summed E-state index contributed by atoms with van der Waals surface area (Å²) in [4.78, 5) is 6.49. The number of hydrogen-bond donors (Lipinski definition) is 1. The van der Waals surface area contributed by atoms with Gasteiger partial charge in [-0.2, -0.15) is 5.26 Å². The predicted molar refractivity (Wildman–Crippen MR) is 66.3 cm³/mol. The van der Waals surface area contributed by atoms with Gasteiger partial charge in [-0.25, -0.2) is 4.98 Å². The molecule has 1 unspecified atom stereocenters. The number of rotatable bonds is 2. The van der Waals surface area contributed by atoms with E-state index in [4.69, 9.17) is 5.26 Å². The van der Waals surface area contributed by atoms with E-state index in [2.05, 4.69) is 37.2 Å². The van der Waals surface area contributed by atoms with Crippen LogP contribution in [0.3, 0.4) is 0 Å². The lowest BCUT2D eigenvalue weighted by Gasteiger charge is -2.18. The first-order valence-electron chi connectivity index (χ1n) is 5.22. The summed E-state index contributed by atoms with van der Waals surface area (Å²) in [5.74, 6) is 0.795. The summed E-state index contributed by atoms with van der Waals surface area (Å²) >= 11 is 3.33. The van der Waals surface area contributed by atoms with Gasteiger partial charge in [0.25, 0.3) is 0 Å². The van der Waals surface area contributed by atoms with Crippen LogP contribution in [-0.4, -0.2) is 31.2 Å². The van der Waals surface area contributed by atoms with E-state index in [0.717, 1.165) is 29.8 Å². The summed E-state index contributed by atoms with van der Waals surface area (Å²) in [5, 5.41) is 12.3. The first-order chi connectivity index (χ1) is 7.74. The Kier molecular flexibility index (Phi) is 3.42. The fourth-order valence-corrected chi connectivity index (χ4v) is 2.29. The molecular weight excluding hydrogens is 268 g/mol. The van der Waals surface area contributed by atoms with Crippen LogP contribution < -0.4 is 10.2 Å². The maximum absolute atomic E-state index is 9.07. The topological polar surface area (TPSA) is 52.0 Å². The lowest BCUT2D eigenvalue weighted by molar-refractivity contribution is 0.616. The van der Waals surface area contributed by atoms with Gasteiger partial charge in [-0.3, -0.25) is 0 Å². The number of halogens is 1. The molecule has 2 rings (SSSR count). The van der Waals surface area contributed by atoms with Gasteiger partial charge in [0.1, 0.15) is 11.9 Å². The lowest BCUT2D eigenvalue weighted by atomic mass is 10.2. The highest BCUT2D eigenvalue weighted by Crippen LogP contribution is 2.24. The molecule has 0 aromatic carbocycles. The minimum atomic E-state index is 0.497. The van der Waals surface area contributed by atoms with Crippen LogP contribution in [0.25, 0.3) is 0 Å². The zero-order valence-electron chi connectivity index (χ0n) is 9.07. The average molecular weight is 281 g/mol. The fourth-order valence-electron chi connectivity index (χ4n) is 1.95. The number of nitriles is 1. The van der Waals surface area contributed by atoms with E-state index in [0.29, 0.717) is 11.6 Å². The molecule has 0 saturated carbocycles. The Morgan fingerprint density at radius 3 is 3.12 bits per heavy atom. The van der Waals surface area contributed by atoms with Crippen molar-refractivity contribution in [3.63, 3.8) is 0 Å². The molecular formula is C11H13BrN4. The summed E-state index contributed by atoms with van der Waals surface area (Å²) in [5.41, 5.74) is 0.631. The molecule has 1 aromatic rings. The smallest absolute Gasteiger partial charge is 0.146 e. The summed E-state index contributed by atoms with van der Waals surface area (Å²) in [7, 11) is 1.97. The Labute approximate surface area is 103 Å². The van der Waals surface area contributed by atoms with Gasteiger partial charge in [-0.1, -0.05) is 0 Å². The lowest BCUT2D eigenvalue weighted by Crippen LogP contribution is -2.30. The third-order valence-corrected chi connectivity index (χ3v) is 3.28. The van der Waals surface area contributed by atoms with Crippen LogP contribution in [0.4, 0.5) is 5.82 Å². The van der Waals surface area contributed by atoms with Crippen molar-refractivity contribution in [1.82, 2.24) is 10.3 Å². The molecule has 1 atom stereocenters. The summed E-state index contributed by atoms with van der Waals surface area (Å²) in [6.45, 7) is 1.87. The minimum absolute atomic E-state index is 0.497. The number of nitrogens with zero attached hydrogens (tertiary/aromatic N) is 3. The van der Waals surface area contributed by atoms with Crippen molar-refractivity contribution in [2.24, 2.45) is 0 Å². The third-order valence-electron chi connectivity index (χ3n) is 2.85. The maximum atomic E-state index is 9.07. The van der Waals surface area contributed by atoms with Gasteiger partial charge in [0.2, 0.25) is 0 Å². The summed E-state index contributed by atoms with van der Waals surface area (Å²) in [6.07, 6.45) is 2.84. The number of aromatic nitrogens is 1. The van der Waals surface area contributed by atoms with E-state index >= 15 is 0 Å². The summed E-state index contributed by atoms with van der Waals surface area (Å²) < 4.78 is 0.845. The van der Waals surface area contributed by atoms with Gasteiger partial charge in [-0.05, 0) is 35.5 Å². The zero-order valence-corrected chi connectivity index (χ0v) is 10.7. The molecule has 1 saturated heterocycles. The van der Waals surface area contributed by atoms with Gasteiger partial charge in [-0.15, -0.1) is 0 Å². The second-order valence-corrected chi connectivity index (χ2v) is 4.77. The molecule has 16 heavy (non-hydrogen) atoms. The van der Waals surface area contributed by atoms with Crippen molar-refractivity contribution in [1.29, 1.82) is 5.26 Å². The highest BCUT2D eigenvalue weighted by Gasteiger charge is 2.23. The molecule has 0 bridgehead atoms. The number of anilines is 1. The highest BCUT2D eigenvalue weighted by molar-refractivity contribution is 9.10. The molecule has 0 radical (unpaired) electrons. The standard InChI is InChI=1S/C11H13BrN4/c1-14-10-2-3-16(7-10)11-8(5-13)4-9(12)6-15-11/h4,6,10,14H,2-3,7H2,1H3. The molecule has 0 aliphatic carbocycles. The monoisotopic (exact) mass is 280 g/mol. The Morgan fingerprint density at radius 2 is 2.50 bits per heavy atom. The number of pyridine rings is 1. The van der Waals surface area contributed by atoms with Crippen molar-refractivity contribution in [2.45, 2.75) is 12.5 Å². The van der Waals surface area contributed by atoms with Gasteiger partial charge in [0, 0.05) is 29.8 Å². The second kappa shape index (κ2) is 4.81. The Bertz CT molecular complexity index is 426. The van der Waals surface area contributed by atoms with E-state index in [1.165, 1.54) is 0 Å². The largest absolute Gasteiger partial charge is 0.354 e.